The van der Waals surface area contributed by atoms with Crippen LogP contribution < -0.4 is 5.32 Å². The number of carbonyl (C=O) groups is 1. The second-order valence-corrected chi connectivity index (χ2v) is 6.83. The number of nitrogens with one attached hydrogen (secondary N) is 1. The maximum Gasteiger partial charge on any atom is 0.316 e. The van der Waals surface area contributed by atoms with Gasteiger partial charge in [-0.25, -0.2) is 8.78 Å². The molecule has 8 heteroatoms. The molecule has 6 nitrogen and oxygen atoms in total. The molecule has 1 saturated carbocycles. The van der Waals surface area contributed by atoms with Crippen LogP contribution in [0.1, 0.15) is 19.8 Å². The Bertz CT molecular complexity index is 788. The predicted octanol–water partition coefficient (Wildman–Crippen LogP) is 2.64. The molecule has 1 aliphatic carbocycles. The highest BCUT2D eigenvalue weighted by atomic mass is 19.1. The summed E-state index contributed by atoms with van der Waals surface area (Å²) in [6.07, 6.45) is 0.770. The van der Waals surface area contributed by atoms with E-state index in [1.807, 2.05) is 0 Å². The molecule has 2 fully saturated rings. The number of likely N-dealkylation sites (tertiary alicyclic amines) is 1. The fourth-order valence-corrected chi connectivity index (χ4v) is 3.24. The van der Waals surface area contributed by atoms with E-state index in [1.54, 1.807) is 11.8 Å². The van der Waals surface area contributed by atoms with E-state index in [4.69, 9.17) is 4.42 Å². The van der Waals surface area contributed by atoms with Crippen LogP contribution in [0.4, 0.5) is 14.8 Å². The summed E-state index contributed by atoms with van der Waals surface area (Å²) in [7, 11) is 0. The Hall–Kier alpha value is -2.51. The molecule has 1 saturated heterocycles. The lowest BCUT2D eigenvalue weighted by Gasteiger charge is -2.20. The van der Waals surface area contributed by atoms with Crippen molar-refractivity contribution in [1.29, 1.82) is 0 Å². The summed E-state index contributed by atoms with van der Waals surface area (Å²) >= 11 is 0. The normalized spacial score (nSPS) is 22.2. The van der Waals surface area contributed by atoms with Crippen molar-refractivity contribution in [3.63, 3.8) is 0 Å². The lowest BCUT2D eigenvalue weighted by Crippen LogP contribution is -2.40. The van der Waals surface area contributed by atoms with Gasteiger partial charge >= 0.3 is 6.01 Å². The monoisotopic (exact) mass is 348 g/mol. The summed E-state index contributed by atoms with van der Waals surface area (Å²) in [5.74, 6) is -0.317. The summed E-state index contributed by atoms with van der Waals surface area (Å²) in [6.45, 7) is 2.30. The van der Waals surface area contributed by atoms with E-state index < -0.39 is 12.2 Å². The number of alkyl halides is 1. The third-order valence-corrected chi connectivity index (χ3v) is 4.98. The predicted molar refractivity (Wildman–Crippen MR) is 85.9 cm³/mol. The van der Waals surface area contributed by atoms with Crippen molar-refractivity contribution in [3.8, 4) is 11.5 Å². The number of hydrogen-bond donors (Lipinski definition) is 1. The molecule has 2 atom stereocenters. The van der Waals surface area contributed by atoms with Crippen molar-refractivity contribution in [2.24, 2.45) is 5.41 Å². The minimum Gasteiger partial charge on any atom is -0.403 e. The van der Waals surface area contributed by atoms with Gasteiger partial charge in [0.25, 0.3) is 0 Å². The van der Waals surface area contributed by atoms with Crippen LogP contribution in [-0.2, 0) is 4.79 Å². The molecule has 2 heterocycles. The first-order valence-corrected chi connectivity index (χ1v) is 8.26. The lowest BCUT2D eigenvalue weighted by molar-refractivity contribution is -0.131. The first-order chi connectivity index (χ1) is 12.0. The molecule has 1 aromatic heterocycles. The fourth-order valence-electron chi connectivity index (χ4n) is 3.24. The van der Waals surface area contributed by atoms with Crippen LogP contribution in [0.5, 0.6) is 0 Å². The second kappa shape index (κ2) is 5.79. The molecule has 1 aromatic carbocycles. The summed E-state index contributed by atoms with van der Waals surface area (Å²) in [5.41, 5.74) is 0.284. The van der Waals surface area contributed by atoms with E-state index in [-0.39, 0.29) is 35.6 Å². The van der Waals surface area contributed by atoms with Crippen LogP contribution in [0.2, 0.25) is 0 Å². The van der Waals surface area contributed by atoms with Crippen molar-refractivity contribution in [3.05, 3.63) is 30.1 Å². The number of carbonyl (C=O) groups excluding carboxylic acids is 1. The van der Waals surface area contributed by atoms with Gasteiger partial charge in [-0.15, -0.1) is 5.10 Å². The maximum atomic E-state index is 14.0. The molecule has 25 heavy (non-hydrogen) atoms. The van der Waals surface area contributed by atoms with Gasteiger partial charge < -0.3 is 14.6 Å². The van der Waals surface area contributed by atoms with E-state index in [2.05, 4.69) is 15.5 Å². The zero-order valence-electron chi connectivity index (χ0n) is 13.7. The molecule has 0 bridgehead atoms. The van der Waals surface area contributed by atoms with Gasteiger partial charge in [-0.3, -0.25) is 4.79 Å². The number of halogens is 2. The van der Waals surface area contributed by atoms with Crippen LogP contribution in [-0.4, -0.2) is 46.3 Å². The second-order valence-electron chi connectivity index (χ2n) is 6.83. The zero-order valence-corrected chi connectivity index (χ0v) is 13.7. The average Bonchev–Trinajstić information content (AvgIpc) is 3.11. The molecule has 1 spiro atoms. The van der Waals surface area contributed by atoms with E-state index in [1.165, 1.54) is 24.3 Å². The van der Waals surface area contributed by atoms with Gasteiger partial charge in [-0.1, -0.05) is 5.10 Å². The van der Waals surface area contributed by atoms with Crippen molar-refractivity contribution in [2.45, 2.75) is 32.0 Å². The van der Waals surface area contributed by atoms with Crippen LogP contribution in [0.3, 0.4) is 0 Å². The van der Waals surface area contributed by atoms with Crippen molar-refractivity contribution in [1.82, 2.24) is 15.1 Å². The summed E-state index contributed by atoms with van der Waals surface area (Å²) in [5, 5.41) is 10.6. The standard InChI is InChI=1S/C17H18F2N4O2/c1-10(15(24)23-8-13(19)17(9-23)6-7-17)20-16-22-21-14(25-16)11-2-4-12(18)5-3-11/h2-5,10,13H,6-9H2,1H3,(H,20,22)/t10-,13-/m1/s1. The van der Waals surface area contributed by atoms with Gasteiger partial charge in [0, 0.05) is 17.5 Å². The number of rotatable bonds is 4. The first-order valence-electron chi connectivity index (χ1n) is 8.26. The minimum atomic E-state index is -0.933. The third kappa shape index (κ3) is 2.96. The molecule has 1 amide bonds. The number of benzene rings is 1. The van der Waals surface area contributed by atoms with Gasteiger partial charge in [0.1, 0.15) is 18.0 Å². The highest BCUT2D eigenvalue weighted by Gasteiger charge is 2.56. The van der Waals surface area contributed by atoms with E-state index in [0.29, 0.717) is 12.1 Å². The molecule has 2 aliphatic rings. The Labute approximate surface area is 143 Å². The van der Waals surface area contributed by atoms with Crippen molar-refractivity contribution >= 4 is 11.9 Å². The quantitative estimate of drug-likeness (QED) is 0.920. The lowest BCUT2D eigenvalue weighted by atomic mass is 10.1. The minimum absolute atomic E-state index is 0.0947. The topological polar surface area (TPSA) is 71.3 Å². The van der Waals surface area contributed by atoms with Crippen LogP contribution in [0.15, 0.2) is 28.7 Å². The molecule has 4 rings (SSSR count). The smallest absolute Gasteiger partial charge is 0.316 e. The van der Waals surface area contributed by atoms with Gasteiger partial charge in [-0.05, 0) is 44.0 Å². The molecule has 1 aliphatic heterocycles. The summed E-state index contributed by atoms with van der Waals surface area (Å²) in [6, 6.07) is 5.14. The van der Waals surface area contributed by atoms with Crippen LogP contribution >= 0.6 is 0 Å². The average molecular weight is 348 g/mol. The largest absolute Gasteiger partial charge is 0.403 e. The highest BCUT2D eigenvalue weighted by Crippen LogP contribution is 2.54. The summed E-state index contributed by atoms with van der Waals surface area (Å²) < 4.78 is 32.4. The number of amides is 1. The van der Waals surface area contributed by atoms with Crippen molar-refractivity contribution in [2.75, 3.05) is 18.4 Å². The van der Waals surface area contributed by atoms with Gasteiger partial charge in [-0.2, -0.15) is 0 Å². The number of aromatic nitrogens is 2. The molecule has 1 N–H and O–H groups in total. The number of hydrogen-bond acceptors (Lipinski definition) is 5. The Kier molecular flexibility index (Phi) is 3.70. The van der Waals surface area contributed by atoms with Gasteiger partial charge in [0.15, 0.2) is 0 Å². The molecule has 2 aromatic rings. The molecule has 0 radical (unpaired) electrons. The van der Waals surface area contributed by atoms with E-state index in [9.17, 15) is 13.6 Å². The summed E-state index contributed by atoms with van der Waals surface area (Å²) in [4.78, 5) is 14.1. The van der Waals surface area contributed by atoms with E-state index in [0.717, 1.165) is 12.8 Å². The molecule has 132 valence electrons. The van der Waals surface area contributed by atoms with Crippen LogP contribution in [0, 0.1) is 11.2 Å². The maximum absolute atomic E-state index is 14.0. The number of anilines is 1. The fraction of sp³-hybridized carbons (Fsp3) is 0.471. The third-order valence-electron chi connectivity index (χ3n) is 4.98. The molecular formula is C17H18F2N4O2. The zero-order chi connectivity index (χ0) is 17.6. The van der Waals surface area contributed by atoms with Crippen LogP contribution in [0.25, 0.3) is 11.5 Å². The first kappa shape index (κ1) is 16.0. The number of nitrogens with zero attached hydrogens (tertiary/aromatic N) is 3. The Morgan fingerprint density at radius 2 is 2.08 bits per heavy atom. The SMILES string of the molecule is C[C@@H](Nc1nnc(-c2ccc(F)cc2)o1)C(=O)N1C[C@@H](F)C2(CC2)C1. The molecular weight excluding hydrogens is 330 g/mol. The van der Waals surface area contributed by atoms with E-state index >= 15 is 0 Å². The van der Waals surface area contributed by atoms with Crippen molar-refractivity contribution < 1.29 is 18.0 Å². The Morgan fingerprint density at radius 1 is 1.36 bits per heavy atom. The Morgan fingerprint density at radius 3 is 2.72 bits per heavy atom. The molecule has 0 unspecified atom stereocenters. The van der Waals surface area contributed by atoms with Gasteiger partial charge in [0.05, 0.1) is 6.54 Å². The Balaban J connectivity index is 1.40. The van der Waals surface area contributed by atoms with Gasteiger partial charge in [0.2, 0.25) is 11.8 Å². The highest BCUT2D eigenvalue weighted by molar-refractivity contribution is 5.84.